The summed E-state index contributed by atoms with van der Waals surface area (Å²) in [6.45, 7) is 2.03. The summed E-state index contributed by atoms with van der Waals surface area (Å²) < 4.78 is 1.82. The fourth-order valence-electron chi connectivity index (χ4n) is 1.47. The van der Waals surface area contributed by atoms with Crippen LogP contribution in [0, 0.1) is 6.92 Å². The molecule has 0 aliphatic heterocycles. The van der Waals surface area contributed by atoms with E-state index in [1.54, 1.807) is 6.20 Å². The highest BCUT2D eigenvalue weighted by Gasteiger charge is 2.06. The van der Waals surface area contributed by atoms with E-state index in [2.05, 4.69) is 5.10 Å². The maximum Gasteiger partial charge on any atom is 0.0693 e. The zero-order valence-electron chi connectivity index (χ0n) is 8.16. The van der Waals surface area contributed by atoms with Crippen molar-refractivity contribution in [3.05, 3.63) is 41.0 Å². The Morgan fingerprint density at radius 2 is 2.07 bits per heavy atom. The van der Waals surface area contributed by atoms with Crippen LogP contribution >= 0.6 is 11.6 Å². The van der Waals surface area contributed by atoms with Crippen molar-refractivity contribution < 1.29 is 0 Å². The van der Waals surface area contributed by atoms with Crippen LogP contribution in [0.2, 0.25) is 5.02 Å². The van der Waals surface area contributed by atoms with Gasteiger partial charge in [0.1, 0.15) is 0 Å². The lowest BCUT2D eigenvalue weighted by Gasteiger charge is -2.05. The highest BCUT2D eigenvalue weighted by molar-refractivity contribution is 6.33. The summed E-state index contributed by atoms with van der Waals surface area (Å²) in [5.74, 6) is 0. The van der Waals surface area contributed by atoms with Crippen LogP contribution in [-0.4, -0.2) is 9.78 Å². The van der Waals surface area contributed by atoms with Crippen molar-refractivity contribution >= 4 is 11.6 Å². The van der Waals surface area contributed by atoms with Crippen LogP contribution < -0.4 is 0 Å². The van der Waals surface area contributed by atoms with Gasteiger partial charge in [0.05, 0.1) is 10.7 Å². The summed E-state index contributed by atoms with van der Waals surface area (Å²) in [5.41, 5.74) is 3.23. The molecule has 0 N–H and O–H groups in total. The minimum atomic E-state index is 0.772. The van der Waals surface area contributed by atoms with Crippen LogP contribution in [-0.2, 0) is 7.05 Å². The summed E-state index contributed by atoms with van der Waals surface area (Å²) in [5, 5.41) is 4.89. The predicted octanol–water partition coefficient (Wildman–Crippen LogP) is 3.05. The van der Waals surface area contributed by atoms with E-state index < -0.39 is 0 Å². The molecule has 0 aliphatic rings. The largest absolute Gasteiger partial charge is 0.268 e. The maximum atomic E-state index is 6.15. The monoisotopic (exact) mass is 206 g/mol. The molecule has 0 radical (unpaired) electrons. The Bertz CT molecular complexity index is 460. The molecule has 72 valence electrons. The van der Waals surface area contributed by atoms with Crippen molar-refractivity contribution in [2.75, 3.05) is 0 Å². The molecule has 2 aromatic rings. The molecule has 1 heterocycles. The lowest BCUT2D eigenvalue weighted by Crippen LogP contribution is -1.93. The van der Waals surface area contributed by atoms with Gasteiger partial charge in [0, 0.05) is 18.8 Å². The fourth-order valence-corrected chi connectivity index (χ4v) is 1.80. The molecule has 0 unspecified atom stereocenters. The van der Waals surface area contributed by atoms with E-state index in [-0.39, 0.29) is 0 Å². The predicted molar refractivity (Wildman–Crippen MR) is 58.4 cm³/mol. The minimum absolute atomic E-state index is 0.772. The van der Waals surface area contributed by atoms with Crippen LogP contribution in [0.5, 0.6) is 0 Å². The van der Waals surface area contributed by atoms with Gasteiger partial charge in [-0.2, -0.15) is 5.10 Å². The van der Waals surface area contributed by atoms with Crippen LogP contribution in [0.1, 0.15) is 5.56 Å². The topological polar surface area (TPSA) is 17.8 Å². The number of rotatable bonds is 1. The first kappa shape index (κ1) is 9.28. The highest BCUT2D eigenvalue weighted by atomic mass is 35.5. The molecule has 1 aromatic carbocycles. The van der Waals surface area contributed by atoms with Gasteiger partial charge in [-0.25, -0.2) is 0 Å². The smallest absolute Gasteiger partial charge is 0.0693 e. The average molecular weight is 207 g/mol. The van der Waals surface area contributed by atoms with Gasteiger partial charge in [0.25, 0.3) is 0 Å². The Hall–Kier alpha value is -1.28. The molecule has 0 saturated heterocycles. The van der Waals surface area contributed by atoms with Gasteiger partial charge in [-0.05, 0) is 24.6 Å². The van der Waals surface area contributed by atoms with Crippen LogP contribution in [0.3, 0.4) is 0 Å². The van der Waals surface area contributed by atoms with E-state index in [1.807, 2.05) is 42.9 Å². The lowest BCUT2D eigenvalue weighted by atomic mass is 10.1. The summed E-state index contributed by atoms with van der Waals surface area (Å²) in [7, 11) is 1.91. The van der Waals surface area contributed by atoms with Crippen molar-refractivity contribution in [3.8, 4) is 11.3 Å². The Labute approximate surface area is 88.1 Å². The average Bonchev–Trinajstić information content (AvgIpc) is 2.52. The molecule has 1 aromatic heterocycles. The first-order valence-electron chi connectivity index (χ1n) is 4.43. The maximum absolute atomic E-state index is 6.15. The van der Waals surface area contributed by atoms with Crippen molar-refractivity contribution in [2.24, 2.45) is 7.05 Å². The third kappa shape index (κ3) is 1.53. The van der Waals surface area contributed by atoms with E-state index in [4.69, 9.17) is 11.6 Å². The van der Waals surface area contributed by atoms with E-state index in [1.165, 1.54) is 5.56 Å². The van der Waals surface area contributed by atoms with Gasteiger partial charge in [-0.3, -0.25) is 4.68 Å². The molecule has 2 nitrogen and oxygen atoms in total. The zero-order chi connectivity index (χ0) is 10.1. The summed E-state index contributed by atoms with van der Waals surface area (Å²) >= 11 is 6.15. The molecule has 0 amide bonds. The van der Waals surface area contributed by atoms with Crippen molar-refractivity contribution in [2.45, 2.75) is 6.92 Å². The molecule has 0 fully saturated rings. The van der Waals surface area contributed by atoms with Gasteiger partial charge >= 0.3 is 0 Å². The van der Waals surface area contributed by atoms with Gasteiger partial charge in [0.2, 0.25) is 0 Å². The van der Waals surface area contributed by atoms with Crippen molar-refractivity contribution in [1.82, 2.24) is 9.78 Å². The Morgan fingerprint density at radius 1 is 1.29 bits per heavy atom. The summed E-state index contributed by atoms with van der Waals surface area (Å²) in [6.07, 6.45) is 1.77. The molecule has 0 spiro atoms. The molecule has 14 heavy (non-hydrogen) atoms. The second kappa shape index (κ2) is 3.46. The molecule has 0 aliphatic carbocycles. The van der Waals surface area contributed by atoms with Gasteiger partial charge < -0.3 is 0 Å². The molecule has 0 bridgehead atoms. The molecule has 2 rings (SSSR count). The number of hydrogen-bond donors (Lipinski definition) is 0. The van der Waals surface area contributed by atoms with E-state index in [0.717, 1.165) is 16.3 Å². The lowest BCUT2D eigenvalue weighted by molar-refractivity contribution is 0.776. The highest BCUT2D eigenvalue weighted by Crippen LogP contribution is 2.27. The minimum Gasteiger partial charge on any atom is -0.268 e. The van der Waals surface area contributed by atoms with Crippen molar-refractivity contribution in [3.63, 3.8) is 0 Å². The van der Waals surface area contributed by atoms with Gasteiger partial charge in [-0.1, -0.05) is 23.7 Å². The van der Waals surface area contributed by atoms with Crippen LogP contribution in [0.4, 0.5) is 0 Å². The number of halogens is 1. The number of hydrogen-bond acceptors (Lipinski definition) is 1. The van der Waals surface area contributed by atoms with Crippen molar-refractivity contribution in [1.29, 1.82) is 0 Å². The van der Waals surface area contributed by atoms with Crippen LogP contribution in [0.15, 0.2) is 30.5 Å². The Morgan fingerprint density at radius 3 is 2.64 bits per heavy atom. The van der Waals surface area contributed by atoms with Crippen LogP contribution in [0.25, 0.3) is 11.3 Å². The second-order valence-electron chi connectivity index (χ2n) is 3.32. The van der Waals surface area contributed by atoms with Gasteiger partial charge in [0.15, 0.2) is 0 Å². The number of aromatic nitrogens is 2. The third-order valence-electron chi connectivity index (χ3n) is 2.22. The molecule has 0 atom stereocenters. The first-order valence-corrected chi connectivity index (χ1v) is 4.81. The fraction of sp³-hybridized carbons (Fsp3) is 0.182. The second-order valence-corrected chi connectivity index (χ2v) is 3.73. The van der Waals surface area contributed by atoms with Gasteiger partial charge in [-0.15, -0.1) is 0 Å². The normalized spacial score (nSPS) is 10.5. The Balaban J connectivity index is 2.58. The molecule has 0 saturated carbocycles. The zero-order valence-corrected chi connectivity index (χ0v) is 8.92. The molecule has 3 heteroatoms. The first-order chi connectivity index (χ1) is 6.68. The number of aryl methyl sites for hydroxylation is 2. The summed E-state index contributed by atoms with van der Waals surface area (Å²) in [4.78, 5) is 0. The van der Waals surface area contributed by atoms with E-state index in [0.29, 0.717) is 0 Å². The van der Waals surface area contributed by atoms with E-state index in [9.17, 15) is 0 Å². The summed E-state index contributed by atoms with van der Waals surface area (Å²) in [6, 6.07) is 7.99. The Kier molecular flexibility index (Phi) is 2.30. The molecular weight excluding hydrogens is 196 g/mol. The molecular formula is C11H11ClN2. The van der Waals surface area contributed by atoms with E-state index >= 15 is 0 Å². The number of benzene rings is 1. The standard InChI is InChI=1S/C11H11ClN2/c1-8-3-4-9(10(12)7-8)11-5-6-13-14(11)2/h3-7H,1-2H3. The number of nitrogens with zero attached hydrogens (tertiary/aromatic N) is 2. The quantitative estimate of drug-likeness (QED) is 0.701. The third-order valence-corrected chi connectivity index (χ3v) is 2.53. The SMILES string of the molecule is Cc1ccc(-c2ccnn2C)c(Cl)c1.